The Kier molecular flexibility index (Phi) is 6.72. The van der Waals surface area contributed by atoms with Crippen LogP contribution < -0.4 is 0 Å². The van der Waals surface area contributed by atoms with Crippen LogP contribution in [0.15, 0.2) is 30.3 Å². The quantitative estimate of drug-likeness (QED) is 0.539. The Balaban J connectivity index is 2.11. The molecule has 0 aliphatic rings. The average Bonchev–Trinajstić information content (AvgIpc) is 2.37. The maximum absolute atomic E-state index is 10.6. The number of carboxylic acids is 1. The summed E-state index contributed by atoms with van der Waals surface area (Å²) in [5, 5.41) is 8.58. The predicted octanol–water partition coefficient (Wildman–Crippen LogP) is 2.27. The lowest BCUT2D eigenvalue weighted by Gasteiger charge is -2.08. The lowest BCUT2D eigenvalue weighted by atomic mass is 10.0. The molecule has 1 rings (SSSR count). The van der Waals surface area contributed by atoms with Crippen LogP contribution in [-0.4, -0.2) is 24.0 Å². The molecule has 0 saturated carbocycles. The zero-order chi connectivity index (χ0) is 13.2. The zero-order valence-electron chi connectivity index (χ0n) is 10.2. The first-order chi connectivity index (χ1) is 8.72. The van der Waals surface area contributed by atoms with Crippen LogP contribution in [0.25, 0.3) is 0 Å². The minimum Gasteiger partial charge on any atom is -0.481 e. The van der Waals surface area contributed by atoms with Gasteiger partial charge >= 0.3 is 5.97 Å². The van der Waals surface area contributed by atoms with E-state index >= 15 is 0 Å². The third-order valence-electron chi connectivity index (χ3n) is 2.60. The number of rotatable bonds is 9. The smallest absolute Gasteiger partial charge is 0.304 e. The van der Waals surface area contributed by atoms with Crippen molar-refractivity contribution in [2.45, 2.75) is 25.9 Å². The summed E-state index contributed by atoms with van der Waals surface area (Å²) in [6.45, 7) is 1.09. The summed E-state index contributed by atoms with van der Waals surface area (Å²) in [6, 6.07) is 9.82. The van der Waals surface area contributed by atoms with Crippen molar-refractivity contribution < 1.29 is 19.4 Å². The molecule has 0 spiro atoms. The van der Waals surface area contributed by atoms with Gasteiger partial charge in [-0.15, -0.1) is 0 Å². The van der Waals surface area contributed by atoms with Crippen LogP contribution in [-0.2, 0) is 20.9 Å². The van der Waals surface area contributed by atoms with E-state index in [1.165, 1.54) is 0 Å². The third kappa shape index (κ3) is 6.15. The Morgan fingerprint density at radius 2 is 2.06 bits per heavy atom. The molecule has 1 N–H and O–H groups in total. The van der Waals surface area contributed by atoms with Gasteiger partial charge in [-0.05, 0) is 18.4 Å². The van der Waals surface area contributed by atoms with Gasteiger partial charge in [0.15, 0.2) is 0 Å². The molecular formula is C14H18O4. The first-order valence-corrected chi connectivity index (χ1v) is 6.01. The molecule has 4 heteroatoms. The van der Waals surface area contributed by atoms with Gasteiger partial charge in [0.2, 0.25) is 0 Å². The van der Waals surface area contributed by atoms with Gasteiger partial charge in [0.1, 0.15) is 6.29 Å². The summed E-state index contributed by atoms with van der Waals surface area (Å²) >= 11 is 0. The standard InChI is InChI=1S/C14H18O4/c15-10-13(9-14(16)17)7-4-8-18-11-12-5-2-1-3-6-12/h1-3,5-6,10,13H,4,7-9,11H2,(H,16,17)/t13-/m0/s1. The van der Waals surface area contributed by atoms with Gasteiger partial charge in [0.25, 0.3) is 0 Å². The molecule has 0 aliphatic heterocycles. The van der Waals surface area contributed by atoms with Gasteiger partial charge in [-0.25, -0.2) is 0 Å². The Labute approximate surface area is 107 Å². The number of aldehydes is 1. The van der Waals surface area contributed by atoms with Crippen LogP contribution in [0, 0.1) is 5.92 Å². The van der Waals surface area contributed by atoms with Gasteiger partial charge in [0.05, 0.1) is 13.0 Å². The van der Waals surface area contributed by atoms with Crippen molar-refractivity contribution in [2.24, 2.45) is 5.92 Å². The van der Waals surface area contributed by atoms with Gasteiger partial charge in [-0.2, -0.15) is 0 Å². The Bertz CT molecular complexity index is 361. The normalized spacial score (nSPS) is 12.0. The van der Waals surface area contributed by atoms with Crippen LogP contribution in [0.1, 0.15) is 24.8 Å². The van der Waals surface area contributed by atoms with E-state index in [0.717, 1.165) is 5.56 Å². The number of carbonyl (C=O) groups excluding carboxylic acids is 1. The fraction of sp³-hybridized carbons (Fsp3) is 0.429. The number of benzene rings is 1. The summed E-state index contributed by atoms with van der Waals surface area (Å²) in [5.41, 5.74) is 1.11. The topological polar surface area (TPSA) is 63.6 Å². The highest BCUT2D eigenvalue weighted by Crippen LogP contribution is 2.09. The summed E-state index contributed by atoms with van der Waals surface area (Å²) in [5.74, 6) is -1.33. The summed E-state index contributed by atoms with van der Waals surface area (Å²) in [6.07, 6.45) is 1.88. The lowest BCUT2D eigenvalue weighted by Crippen LogP contribution is -2.10. The second-order valence-electron chi connectivity index (χ2n) is 4.17. The number of carbonyl (C=O) groups is 2. The molecule has 0 bridgehead atoms. The number of ether oxygens (including phenoxy) is 1. The maximum atomic E-state index is 10.6. The predicted molar refractivity (Wildman–Crippen MR) is 67.1 cm³/mol. The molecule has 18 heavy (non-hydrogen) atoms. The zero-order valence-corrected chi connectivity index (χ0v) is 10.2. The maximum Gasteiger partial charge on any atom is 0.304 e. The molecule has 0 saturated heterocycles. The Morgan fingerprint density at radius 1 is 1.33 bits per heavy atom. The van der Waals surface area contributed by atoms with Crippen LogP contribution in [0.4, 0.5) is 0 Å². The molecule has 0 heterocycles. The van der Waals surface area contributed by atoms with Gasteiger partial charge < -0.3 is 14.6 Å². The van der Waals surface area contributed by atoms with E-state index in [1.807, 2.05) is 30.3 Å². The van der Waals surface area contributed by atoms with E-state index in [2.05, 4.69) is 0 Å². The van der Waals surface area contributed by atoms with Crippen molar-refractivity contribution in [2.75, 3.05) is 6.61 Å². The molecule has 1 atom stereocenters. The molecule has 1 aromatic carbocycles. The highest BCUT2D eigenvalue weighted by molar-refractivity contribution is 5.71. The summed E-state index contributed by atoms with van der Waals surface area (Å²) in [4.78, 5) is 21.1. The van der Waals surface area contributed by atoms with Crippen molar-refractivity contribution >= 4 is 12.3 Å². The van der Waals surface area contributed by atoms with E-state index in [1.54, 1.807) is 0 Å². The minimum atomic E-state index is -0.933. The number of carboxylic acid groups (broad SMARTS) is 1. The number of aliphatic carboxylic acids is 1. The monoisotopic (exact) mass is 250 g/mol. The molecule has 98 valence electrons. The van der Waals surface area contributed by atoms with Crippen molar-refractivity contribution in [3.63, 3.8) is 0 Å². The largest absolute Gasteiger partial charge is 0.481 e. The van der Waals surface area contributed by atoms with Crippen LogP contribution in [0.2, 0.25) is 0 Å². The molecule has 0 radical (unpaired) electrons. The average molecular weight is 250 g/mol. The molecule has 1 aromatic rings. The second kappa shape index (κ2) is 8.42. The van der Waals surface area contributed by atoms with E-state index < -0.39 is 11.9 Å². The first kappa shape index (κ1) is 14.4. The van der Waals surface area contributed by atoms with Crippen molar-refractivity contribution in [3.05, 3.63) is 35.9 Å². The van der Waals surface area contributed by atoms with E-state index in [0.29, 0.717) is 32.3 Å². The Morgan fingerprint density at radius 3 is 2.67 bits per heavy atom. The number of hydrogen-bond acceptors (Lipinski definition) is 3. The van der Waals surface area contributed by atoms with Gasteiger partial charge in [0, 0.05) is 12.5 Å². The fourth-order valence-electron chi connectivity index (χ4n) is 1.65. The SMILES string of the molecule is O=C[C@@H](CCCOCc1ccccc1)CC(=O)O. The summed E-state index contributed by atoms with van der Waals surface area (Å²) < 4.78 is 5.46. The van der Waals surface area contributed by atoms with Crippen LogP contribution in [0.5, 0.6) is 0 Å². The molecule has 0 amide bonds. The molecule has 0 fully saturated rings. The summed E-state index contributed by atoms with van der Waals surface area (Å²) in [7, 11) is 0. The highest BCUT2D eigenvalue weighted by Gasteiger charge is 2.11. The van der Waals surface area contributed by atoms with E-state index in [-0.39, 0.29) is 6.42 Å². The molecule has 0 aliphatic carbocycles. The van der Waals surface area contributed by atoms with Crippen molar-refractivity contribution in [3.8, 4) is 0 Å². The molecule has 4 nitrogen and oxygen atoms in total. The van der Waals surface area contributed by atoms with Crippen molar-refractivity contribution in [1.29, 1.82) is 0 Å². The van der Waals surface area contributed by atoms with Crippen LogP contribution >= 0.6 is 0 Å². The molecular weight excluding hydrogens is 232 g/mol. The van der Waals surface area contributed by atoms with E-state index in [4.69, 9.17) is 9.84 Å². The first-order valence-electron chi connectivity index (χ1n) is 6.01. The van der Waals surface area contributed by atoms with Crippen molar-refractivity contribution in [1.82, 2.24) is 0 Å². The van der Waals surface area contributed by atoms with E-state index in [9.17, 15) is 9.59 Å². The fourth-order valence-corrected chi connectivity index (χ4v) is 1.65. The second-order valence-corrected chi connectivity index (χ2v) is 4.17. The Hall–Kier alpha value is -1.68. The molecule has 0 unspecified atom stereocenters. The van der Waals surface area contributed by atoms with Gasteiger partial charge in [-0.1, -0.05) is 30.3 Å². The third-order valence-corrected chi connectivity index (χ3v) is 2.60. The number of hydrogen-bond donors (Lipinski definition) is 1. The lowest BCUT2D eigenvalue weighted by molar-refractivity contribution is -0.139. The van der Waals surface area contributed by atoms with Gasteiger partial charge in [-0.3, -0.25) is 4.79 Å². The molecule has 0 aromatic heterocycles. The highest BCUT2D eigenvalue weighted by atomic mass is 16.5. The minimum absolute atomic E-state index is 0.0951. The van der Waals surface area contributed by atoms with Crippen LogP contribution in [0.3, 0.4) is 0 Å².